The van der Waals surface area contributed by atoms with E-state index in [2.05, 4.69) is 23.9 Å². The van der Waals surface area contributed by atoms with Crippen molar-refractivity contribution < 1.29 is 13.2 Å². The molecule has 156 valence electrons. The van der Waals surface area contributed by atoms with Crippen LogP contribution in [0.1, 0.15) is 58.8 Å². The third kappa shape index (κ3) is 5.35. The first kappa shape index (κ1) is 21.3. The molecule has 0 radical (unpaired) electrons. The molecule has 0 unspecified atom stereocenters. The molecule has 5 nitrogen and oxygen atoms in total. The average Bonchev–Trinajstić information content (AvgIpc) is 2.71. The van der Waals surface area contributed by atoms with Crippen LogP contribution in [0.4, 0.5) is 0 Å². The molecule has 2 N–H and O–H groups in total. The highest BCUT2D eigenvalue weighted by atomic mass is 32.2. The second-order valence-corrected chi connectivity index (χ2v) is 10.5. The largest absolute Gasteiger partial charge is 0.353 e. The smallest absolute Gasteiger partial charge is 0.240 e. The van der Waals surface area contributed by atoms with E-state index in [1.807, 2.05) is 0 Å². The monoisotopic (exact) mass is 406 g/mol. The van der Waals surface area contributed by atoms with Gasteiger partial charge in [0, 0.05) is 18.5 Å². The molecule has 1 aromatic rings. The van der Waals surface area contributed by atoms with Crippen molar-refractivity contribution in [1.29, 1.82) is 0 Å². The number of benzene rings is 1. The van der Waals surface area contributed by atoms with Crippen LogP contribution in [0.15, 0.2) is 35.2 Å². The van der Waals surface area contributed by atoms with Crippen LogP contribution < -0.4 is 10.0 Å². The van der Waals surface area contributed by atoms with Crippen molar-refractivity contribution in [1.82, 2.24) is 10.0 Å². The van der Waals surface area contributed by atoms with Gasteiger partial charge in [-0.15, -0.1) is 0 Å². The fraction of sp³-hybridized carbons (Fsp3) is 0.682. The Labute approximate surface area is 169 Å². The van der Waals surface area contributed by atoms with E-state index in [4.69, 9.17) is 0 Å². The van der Waals surface area contributed by atoms with Crippen molar-refractivity contribution in [2.24, 2.45) is 23.7 Å². The van der Waals surface area contributed by atoms with Gasteiger partial charge in [0.1, 0.15) is 0 Å². The predicted molar refractivity (Wildman–Crippen MR) is 111 cm³/mol. The van der Waals surface area contributed by atoms with E-state index in [0.717, 1.165) is 32.1 Å². The van der Waals surface area contributed by atoms with Gasteiger partial charge in [0.2, 0.25) is 15.9 Å². The van der Waals surface area contributed by atoms with Gasteiger partial charge in [-0.3, -0.25) is 4.79 Å². The Morgan fingerprint density at radius 1 is 1.00 bits per heavy atom. The second-order valence-electron chi connectivity index (χ2n) is 8.76. The molecule has 3 rings (SSSR count). The molecule has 2 aliphatic rings. The summed E-state index contributed by atoms with van der Waals surface area (Å²) in [7, 11) is -3.45. The van der Waals surface area contributed by atoms with Gasteiger partial charge in [-0.05, 0) is 62.0 Å². The fourth-order valence-electron chi connectivity index (χ4n) is 4.63. The van der Waals surface area contributed by atoms with Crippen LogP contribution in [-0.4, -0.2) is 26.9 Å². The maximum absolute atomic E-state index is 12.7. The van der Waals surface area contributed by atoms with E-state index in [0.29, 0.717) is 35.2 Å². The maximum Gasteiger partial charge on any atom is 0.240 e. The Hall–Kier alpha value is -1.40. The van der Waals surface area contributed by atoms with Gasteiger partial charge in [0.05, 0.1) is 4.90 Å². The highest BCUT2D eigenvalue weighted by Gasteiger charge is 2.32. The molecule has 0 aromatic heterocycles. The summed E-state index contributed by atoms with van der Waals surface area (Å²) in [4.78, 5) is 13.0. The fourth-order valence-corrected chi connectivity index (χ4v) is 5.76. The van der Waals surface area contributed by atoms with Gasteiger partial charge in [-0.2, -0.15) is 0 Å². The summed E-state index contributed by atoms with van der Waals surface area (Å²) in [6.07, 6.45) is 7.04. The van der Waals surface area contributed by atoms with Crippen LogP contribution >= 0.6 is 0 Å². The van der Waals surface area contributed by atoms with Gasteiger partial charge < -0.3 is 5.32 Å². The van der Waals surface area contributed by atoms with Crippen molar-refractivity contribution in [3.63, 3.8) is 0 Å². The Morgan fingerprint density at radius 3 is 2.36 bits per heavy atom. The Morgan fingerprint density at radius 2 is 1.68 bits per heavy atom. The normalized spacial score (nSPS) is 31.3. The van der Waals surface area contributed by atoms with Crippen molar-refractivity contribution in [3.05, 3.63) is 30.3 Å². The predicted octanol–water partition coefficient (Wildman–Crippen LogP) is 3.71. The van der Waals surface area contributed by atoms with Crippen LogP contribution in [0.5, 0.6) is 0 Å². The van der Waals surface area contributed by atoms with Crippen molar-refractivity contribution in [2.75, 3.05) is 6.54 Å². The van der Waals surface area contributed by atoms with E-state index in [-0.39, 0.29) is 11.8 Å². The number of carbonyl (C=O) groups is 1. The average molecular weight is 407 g/mol. The standard InChI is InChI=1S/C22H34N2O3S/c1-16-7-6-10-21(17(16)2)24-22(25)19-13-11-18(12-14-19)15-23-28(26,27)20-8-4-3-5-9-20/h3-5,8-9,16-19,21,23H,6-7,10-15H2,1-2H3,(H,24,25)/t16-,17-,18?,19?,21-/m1/s1. The lowest BCUT2D eigenvalue weighted by atomic mass is 9.77. The minimum atomic E-state index is -3.45. The Balaban J connectivity index is 1.43. The summed E-state index contributed by atoms with van der Waals surface area (Å²) in [5.74, 6) is 1.80. The zero-order chi connectivity index (χ0) is 20.1. The first-order chi connectivity index (χ1) is 13.4. The molecule has 2 fully saturated rings. The molecule has 0 saturated heterocycles. The van der Waals surface area contributed by atoms with Crippen LogP contribution in [0, 0.1) is 23.7 Å². The number of hydrogen-bond donors (Lipinski definition) is 2. The number of rotatable bonds is 6. The third-order valence-corrected chi connectivity index (χ3v) is 8.31. The van der Waals surface area contributed by atoms with Crippen LogP contribution in [0.3, 0.4) is 0 Å². The van der Waals surface area contributed by atoms with Crippen LogP contribution in [0.2, 0.25) is 0 Å². The number of hydrogen-bond acceptors (Lipinski definition) is 3. The molecule has 0 aliphatic heterocycles. The molecule has 6 heteroatoms. The summed E-state index contributed by atoms with van der Waals surface area (Å²) < 4.78 is 27.4. The summed E-state index contributed by atoms with van der Waals surface area (Å²) in [5, 5.41) is 3.31. The lowest BCUT2D eigenvalue weighted by Gasteiger charge is -2.36. The number of sulfonamides is 1. The number of carbonyl (C=O) groups excluding carboxylic acids is 1. The molecule has 0 bridgehead atoms. The molecule has 28 heavy (non-hydrogen) atoms. The molecule has 2 saturated carbocycles. The van der Waals surface area contributed by atoms with Crippen molar-refractivity contribution in [3.8, 4) is 0 Å². The number of nitrogens with one attached hydrogen (secondary N) is 2. The maximum atomic E-state index is 12.7. The first-order valence-corrected chi connectivity index (χ1v) is 12.2. The van der Waals surface area contributed by atoms with Crippen LogP contribution in [0.25, 0.3) is 0 Å². The molecule has 2 aliphatic carbocycles. The lowest BCUT2D eigenvalue weighted by Crippen LogP contribution is -2.46. The van der Waals surface area contributed by atoms with E-state index in [1.165, 1.54) is 12.8 Å². The second kappa shape index (κ2) is 9.40. The zero-order valence-electron chi connectivity index (χ0n) is 17.1. The van der Waals surface area contributed by atoms with E-state index in [9.17, 15) is 13.2 Å². The zero-order valence-corrected chi connectivity index (χ0v) is 17.9. The summed E-state index contributed by atoms with van der Waals surface area (Å²) >= 11 is 0. The SMILES string of the molecule is C[C@@H]1[C@H](C)CCC[C@H]1NC(=O)C1CCC(CNS(=O)(=O)c2ccccc2)CC1. The first-order valence-electron chi connectivity index (χ1n) is 10.7. The summed E-state index contributed by atoms with van der Waals surface area (Å²) in [5.41, 5.74) is 0. The molecule has 1 aromatic carbocycles. The van der Waals surface area contributed by atoms with E-state index >= 15 is 0 Å². The van der Waals surface area contributed by atoms with Gasteiger partial charge in [-0.25, -0.2) is 13.1 Å². The molecule has 0 heterocycles. The minimum absolute atomic E-state index is 0.0754. The molecule has 0 spiro atoms. The quantitative estimate of drug-likeness (QED) is 0.756. The Kier molecular flexibility index (Phi) is 7.15. The van der Waals surface area contributed by atoms with Crippen molar-refractivity contribution >= 4 is 15.9 Å². The van der Waals surface area contributed by atoms with Crippen molar-refractivity contribution in [2.45, 2.75) is 69.7 Å². The number of amides is 1. The minimum Gasteiger partial charge on any atom is -0.353 e. The molecular weight excluding hydrogens is 372 g/mol. The highest BCUT2D eigenvalue weighted by molar-refractivity contribution is 7.89. The van der Waals surface area contributed by atoms with E-state index in [1.54, 1.807) is 30.3 Å². The highest BCUT2D eigenvalue weighted by Crippen LogP contribution is 2.32. The summed E-state index contributed by atoms with van der Waals surface area (Å²) in [6, 6.07) is 8.79. The van der Waals surface area contributed by atoms with Gasteiger partial charge in [0.25, 0.3) is 0 Å². The van der Waals surface area contributed by atoms with Gasteiger partial charge in [0.15, 0.2) is 0 Å². The molecule has 3 atom stereocenters. The Bertz CT molecular complexity index is 742. The van der Waals surface area contributed by atoms with E-state index < -0.39 is 10.0 Å². The van der Waals surface area contributed by atoms with Gasteiger partial charge in [-0.1, -0.05) is 44.9 Å². The topological polar surface area (TPSA) is 75.3 Å². The third-order valence-electron chi connectivity index (χ3n) is 6.87. The van der Waals surface area contributed by atoms with Gasteiger partial charge >= 0.3 is 0 Å². The summed E-state index contributed by atoms with van der Waals surface area (Å²) in [6.45, 7) is 4.98. The lowest BCUT2D eigenvalue weighted by molar-refractivity contribution is -0.127. The molecular formula is C22H34N2O3S. The molecule has 1 amide bonds. The van der Waals surface area contributed by atoms with Crippen LogP contribution in [-0.2, 0) is 14.8 Å².